The Bertz CT molecular complexity index is 449. The number of carbonyl (C=O) groups excluding carboxylic acids is 1. The van der Waals surface area contributed by atoms with Gasteiger partial charge in [0.1, 0.15) is 0 Å². The highest BCUT2D eigenvalue weighted by atomic mass is 16.1. The molecule has 4 heteroatoms. The van der Waals surface area contributed by atoms with Crippen molar-refractivity contribution in [3.05, 3.63) is 17.0 Å². The molecule has 1 aromatic rings. The van der Waals surface area contributed by atoms with E-state index in [1.165, 1.54) is 24.1 Å². The number of aryl methyl sites for hydroxylation is 1. The Morgan fingerprint density at radius 3 is 2.62 bits per heavy atom. The van der Waals surface area contributed by atoms with Crippen LogP contribution in [-0.4, -0.2) is 22.2 Å². The van der Waals surface area contributed by atoms with Crippen molar-refractivity contribution in [3.8, 4) is 0 Å². The van der Waals surface area contributed by atoms with E-state index in [0.29, 0.717) is 12.3 Å². The smallest absolute Gasteiger partial charge is 0.220 e. The summed E-state index contributed by atoms with van der Waals surface area (Å²) >= 11 is 0. The standard InChI is InChI=1S/C17H31N3O/c1-6-7-8-11-18-17(21)10-9-16-14(4)19-20(15(16)5)12-13(2)3/h13H,6-12H2,1-5H3,(H,18,21). The summed E-state index contributed by atoms with van der Waals surface area (Å²) < 4.78 is 2.08. The van der Waals surface area contributed by atoms with Crippen molar-refractivity contribution in [3.63, 3.8) is 0 Å². The predicted octanol–water partition coefficient (Wildman–Crippen LogP) is 3.39. The highest BCUT2D eigenvalue weighted by molar-refractivity contribution is 5.76. The fraction of sp³-hybridized carbons (Fsp3) is 0.765. The Labute approximate surface area is 129 Å². The molecular weight excluding hydrogens is 262 g/mol. The topological polar surface area (TPSA) is 46.9 Å². The monoisotopic (exact) mass is 293 g/mol. The molecule has 1 heterocycles. The van der Waals surface area contributed by atoms with Gasteiger partial charge in [-0.25, -0.2) is 0 Å². The second-order valence-corrected chi connectivity index (χ2v) is 6.28. The molecule has 4 nitrogen and oxygen atoms in total. The molecule has 0 spiro atoms. The van der Waals surface area contributed by atoms with Gasteiger partial charge < -0.3 is 5.32 Å². The van der Waals surface area contributed by atoms with Crippen LogP contribution in [-0.2, 0) is 17.8 Å². The van der Waals surface area contributed by atoms with Crippen LogP contribution in [0, 0.1) is 19.8 Å². The molecule has 0 saturated carbocycles. The van der Waals surface area contributed by atoms with E-state index in [1.54, 1.807) is 0 Å². The van der Waals surface area contributed by atoms with Crippen LogP contribution in [0.2, 0.25) is 0 Å². The molecule has 1 amide bonds. The molecule has 120 valence electrons. The molecule has 0 atom stereocenters. The van der Waals surface area contributed by atoms with Crippen molar-refractivity contribution in [2.75, 3.05) is 6.54 Å². The van der Waals surface area contributed by atoms with Gasteiger partial charge in [0, 0.05) is 25.2 Å². The summed E-state index contributed by atoms with van der Waals surface area (Å²) in [5, 5.41) is 7.60. The van der Waals surface area contributed by atoms with Gasteiger partial charge in [-0.15, -0.1) is 0 Å². The van der Waals surface area contributed by atoms with Crippen molar-refractivity contribution in [1.29, 1.82) is 0 Å². The highest BCUT2D eigenvalue weighted by Gasteiger charge is 2.13. The number of unbranched alkanes of at least 4 members (excludes halogenated alkanes) is 2. The van der Waals surface area contributed by atoms with Crippen molar-refractivity contribution >= 4 is 5.91 Å². The first kappa shape index (κ1) is 17.7. The maximum atomic E-state index is 11.8. The van der Waals surface area contributed by atoms with Gasteiger partial charge >= 0.3 is 0 Å². The zero-order chi connectivity index (χ0) is 15.8. The van der Waals surface area contributed by atoms with Crippen molar-refractivity contribution in [2.45, 2.75) is 73.3 Å². The third kappa shape index (κ3) is 5.90. The Morgan fingerprint density at radius 2 is 2.00 bits per heavy atom. The van der Waals surface area contributed by atoms with Crippen LogP contribution >= 0.6 is 0 Å². The lowest BCUT2D eigenvalue weighted by atomic mass is 10.1. The van der Waals surface area contributed by atoms with E-state index in [-0.39, 0.29) is 5.91 Å². The number of nitrogens with one attached hydrogen (secondary N) is 1. The molecule has 0 aliphatic heterocycles. The van der Waals surface area contributed by atoms with Crippen LogP contribution in [0.15, 0.2) is 0 Å². The third-order valence-electron chi connectivity index (χ3n) is 3.77. The third-order valence-corrected chi connectivity index (χ3v) is 3.77. The van der Waals surface area contributed by atoms with Crippen LogP contribution in [0.3, 0.4) is 0 Å². The number of carbonyl (C=O) groups is 1. The van der Waals surface area contributed by atoms with Gasteiger partial charge in [0.25, 0.3) is 0 Å². The second-order valence-electron chi connectivity index (χ2n) is 6.28. The number of rotatable bonds is 9. The molecule has 0 aromatic carbocycles. The molecule has 1 aromatic heterocycles. The molecule has 0 radical (unpaired) electrons. The summed E-state index contributed by atoms with van der Waals surface area (Å²) in [6.45, 7) is 12.4. The summed E-state index contributed by atoms with van der Waals surface area (Å²) in [5.41, 5.74) is 3.51. The first-order chi connectivity index (χ1) is 9.95. The van der Waals surface area contributed by atoms with E-state index in [1.807, 2.05) is 6.92 Å². The van der Waals surface area contributed by atoms with E-state index in [0.717, 1.165) is 31.6 Å². The van der Waals surface area contributed by atoms with Crippen molar-refractivity contribution in [2.24, 2.45) is 5.92 Å². The summed E-state index contributed by atoms with van der Waals surface area (Å²) in [4.78, 5) is 11.8. The van der Waals surface area contributed by atoms with Crippen LogP contribution in [0.1, 0.15) is 63.4 Å². The van der Waals surface area contributed by atoms with Gasteiger partial charge in [0.15, 0.2) is 0 Å². The maximum Gasteiger partial charge on any atom is 0.220 e. The van der Waals surface area contributed by atoms with Crippen LogP contribution in [0.25, 0.3) is 0 Å². The largest absolute Gasteiger partial charge is 0.356 e. The van der Waals surface area contributed by atoms with Gasteiger partial charge in [-0.1, -0.05) is 33.6 Å². The predicted molar refractivity (Wildman–Crippen MR) is 87.4 cm³/mol. The lowest BCUT2D eigenvalue weighted by Crippen LogP contribution is -2.24. The molecular formula is C17H31N3O. The lowest BCUT2D eigenvalue weighted by Gasteiger charge is -2.08. The van der Waals surface area contributed by atoms with Crippen molar-refractivity contribution < 1.29 is 4.79 Å². The van der Waals surface area contributed by atoms with Gasteiger partial charge in [-0.3, -0.25) is 9.48 Å². The SMILES string of the molecule is CCCCCNC(=O)CCc1c(C)nn(CC(C)C)c1C. The summed E-state index contributed by atoms with van der Waals surface area (Å²) in [6, 6.07) is 0. The number of hydrogen-bond acceptors (Lipinski definition) is 2. The molecule has 0 unspecified atom stereocenters. The van der Waals surface area contributed by atoms with Crippen LogP contribution in [0.5, 0.6) is 0 Å². The summed E-state index contributed by atoms with van der Waals surface area (Å²) in [6.07, 6.45) is 4.78. The quantitative estimate of drug-likeness (QED) is 0.709. The molecule has 0 aliphatic rings. The maximum absolute atomic E-state index is 11.8. The highest BCUT2D eigenvalue weighted by Crippen LogP contribution is 2.16. The zero-order valence-electron chi connectivity index (χ0n) is 14.3. The average molecular weight is 293 g/mol. The van der Waals surface area contributed by atoms with Crippen molar-refractivity contribution in [1.82, 2.24) is 15.1 Å². The van der Waals surface area contributed by atoms with E-state index < -0.39 is 0 Å². The molecule has 21 heavy (non-hydrogen) atoms. The normalized spacial score (nSPS) is 11.1. The number of nitrogens with zero attached hydrogens (tertiary/aromatic N) is 2. The van der Waals surface area contributed by atoms with E-state index in [9.17, 15) is 4.79 Å². The van der Waals surface area contributed by atoms with E-state index in [2.05, 4.69) is 42.8 Å². The Hall–Kier alpha value is -1.32. The van der Waals surface area contributed by atoms with Gasteiger partial charge in [-0.05, 0) is 38.2 Å². The minimum absolute atomic E-state index is 0.154. The van der Waals surface area contributed by atoms with E-state index in [4.69, 9.17) is 0 Å². The minimum atomic E-state index is 0.154. The first-order valence-corrected chi connectivity index (χ1v) is 8.25. The lowest BCUT2D eigenvalue weighted by molar-refractivity contribution is -0.121. The Balaban J connectivity index is 2.48. The molecule has 0 bridgehead atoms. The number of amides is 1. The number of hydrogen-bond donors (Lipinski definition) is 1. The first-order valence-electron chi connectivity index (χ1n) is 8.25. The van der Waals surface area contributed by atoms with Crippen LogP contribution < -0.4 is 5.32 Å². The Kier molecular flexibility index (Phi) is 7.48. The second kappa shape index (κ2) is 8.85. The number of aromatic nitrogens is 2. The zero-order valence-corrected chi connectivity index (χ0v) is 14.3. The van der Waals surface area contributed by atoms with Gasteiger partial charge in [0.2, 0.25) is 5.91 Å². The average Bonchev–Trinajstić information content (AvgIpc) is 2.67. The van der Waals surface area contributed by atoms with Crippen LogP contribution in [0.4, 0.5) is 0 Å². The van der Waals surface area contributed by atoms with E-state index >= 15 is 0 Å². The Morgan fingerprint density at radius 1 is 1.29 bits per heavy atom. The summed E-state index contributed by atoms with van der Waals surface area (Å²) in [7, 11) is 0. The van der Waals surface area contributed by atoms with Gasteiger partial charge in [-0.2, -0.15) is 5.10 Å². The molecule has 1 rings (SSSR count). The van der Waals surface area contributed by atoms with Gasteiger partial charge in [0.05, 0.1) is 5.69 Å². The molecule has 0 fully saturated rings. The fourth-order valence-electron chi connectivity index (χ4n) is 2.55. The molecule has 1 N–H and O–H groups in total. The fourth-order valence-corrected chi connectivity index (χ4v) is 2.55. The molecule has 0 saturated heterocycles. The minimum Gasteiger partial charge on any atom is -0.356 e. The summed E-state index contributed by atoms with van der Waals surface area (Å²) in [5.74, 6) is 0.735. The molecule has 0 aliphatic carbocycles.